The molecule has 0 aromatic carbocycles. The van der Waals surface area contributed by atoms with Crippen LogP contribution in [0.25, 0.3) is 0 Å². The zero-order valence-electron chi connectivity index (χ0n) is 6.83. The van der Waals surface area contributed by atoms with Crippen LogP contribution in [0.1, 0.15) is 13.8 Å². The fourth-order valence-electron chi connectivity index (χ4n) is 0.711. The predicted octanol–water partition coefficient (Wildman–Crippen LogP) is 1.93. The summed E-state index contributed by atoms with van der Waals surface area (Å²) in [4.78, 5) is 7.65. The molecule has 1 unspecified atom stereocenters. The van der Waals surface area contributed by atoms with Gasteiger partial charge in [0, 0.05) is 24.9 Å². The lowest BCUT2D eigenvalue weighted by atomic mass is 10.2. The maximum absolute atomic E-state index is 3.89. The Morgan fingerprint density at radius 2 is 2.20 bits per heavy atom. The Morgan fingerprint density at radius 3 is 2.60 bits per heavy atom. The molecule has 0 aliphatic heterocycles. The van der Waals surface area contributed by atoms with Crippen LogP contribution in [-0.2, 0) is 0 Å². The molecule has 0 aliphatic carbocycles. The second-order valence-electron chi connectivity index (χ2n) is 2.23. The van der Waals surface area contributed by atoms with Crippen LogP contribution in [0.3, 0.4) is 0 Å². The maximum Gasteiger partial charge on any atom is 0.0332 e. The average Bonchev–Trinajstić information content (AvgIpc) is 1.88. The molecule has 0 rings (SSSR count). The van der Waals surface area contributed by atoms with Crippen molar-refractivity contribution in [2.45, 2.75) is 13.8 Å². The summed E-state index contributed by atoms with van der Waals surface area (Å²) in [6.07, 6.45) is 3.88. The van der Waals surface area contributed by atoms with Gasteiger partial charge in [-0.05, 0) is 13.6 Å². The van der Waals surface area contributed by atoms with Gasteiger partial charge in [-0.1, -0.05) is 13.0 Å². The van der Waals surface area contributed by atoms with Crippen molar-refractivity contribution in [3.05, 3.63) is 11.8 Å². The molecule has 0 aromatic rings. The molecule has 0 amide bonds. The minimum atomic E-state index is 0.357. The Bertz CT molecular complexity index is 157. The number of hydrogen-bond donors (Lipinski definition) is 0. The molecule has 1 atom stereocenters. The highest BCUT2D eigenvalue weighted by Crippen LogP contribution is 2.00. The van der Waals surface area contributed by atoms with Gasteiger partial charge in [-0.25, -0.2) is 0 Å². The smallest absolute Gasteiger partial charge is 0.0332 e. The van der Waals surface area contributed by atoms with Gasteiger partial charge in [0.2, 0.25) is 0 Å². The van der Waals surface area contributed by atoms with E-state index in [0.717, 1.165) is 5.70 Å². The molecular formula is C8H14N2. The van der Waals surface area contributed by atoms with E-state index >= 15 is 0 Å². The number of rotatable bonds is 3. The topological polar surface area (TPSA) is 24.7 Å². The zero-order chi connectivity index (χ0) is 7.98. The van der Waals surface area contributed by atoms with E-state index in [-0.39, 0.29) is 0 Å². The molecule has 0 spiro atoms. The van der Waals surface area contributed by atoms with Crippen LogP contribution >= 0.6 is 0 Å². The molecule has 0 saturated heterocycles. The van der Waals surface area contributed by atoms with E-state index in [1.54, 1.807) is 7.05 Å². The molecule has 2 heteroatoms. The number of aliphatic imine (C=N–C) groups is 2. The summed E-state index contributed by atoms with van der Waals surface area (Å²) in [5, 5.41) is 0. The first-order valence-corrected chi connectivity index (χ1v) is 3.28. The fraction of sp³-hybridized carbons (Fsp3) is 0.500. The van der Waals surface area contributed by atoms with Gasteiger partial charge in [0.25, 0.3) is 0 Å². The molecule has 0 saturated carbocycles. The van der Waals surface area contributed by atoms with Crippen molar-refractivity contribution in [1.82, 2.24) is 0 Å². The zero-order valence-corrected chi connectivity index (χ0v) is 6.83. The lowest BCUT2D eigenvalue weighted by Crippen LogP contribution is -1.90. The highest BCUT2D eigenvalue weighted by molar-refractivity contribution is 5.62. The Labute approximate surface area is 62.4 Å². The van der Waals surface area contributed by atoms with Crippen LogP contribution in [0.4, 0.5) is 0 Å². The largest absolute Gasteiger partial charge is 0.300 e. The predicted molar refractivity (Wildman–Crippen MR) is 46.9 cm³/mol. The molecule has 0 aliphatic rings. The van der Waals surface area contributed by atoms with Crippen molar-refractivity contribution in [3.8, 4) is 0 Å². The van der Waals surface area contributed by atoms with E-state index in [1.807, 2.05) is 19.2 Å². The van der Waals surface area contributed by atoms with Gasteiger partial charge < -0.3 is 4.99 Å². The molecular weight excluding hydrogens is 124 g/mol. The number of hydrogen-bond acceptors (Lipinski definition) is 2. The van der Waals surface area contributed by atoms with Crippen molar-refractivity contribution in [1.29, 1.82) is 0 Å². The molecule has 0 N–H and O–H groups in total. The Morgan fingerprint density at radius 1 is 1.60 bits per heavy atom. The molecule has 56 valence electrons. The Kier molecular flexibility index (Phi) is 4.46. The lowest BCUT2D eigenvalue weighted by molar-refractivity contribution is 0.995. The average molecular weight is 138 g/mol. The summed E-state index contributed by atoms with van der Waals surface area (Å²) in [6.45, 7) is 7.39. The molecule has 0 heterocycles. The minimum absolute atomic E-state index is 0.357. The van der Waals surface area contributed by atoms with Gasteiger partial charge in [-0.15, -0.1) is 0 Å². The standard InChI is InChI=1S/C8H14N2/c1-7(6-9-3)5-8(2)10-4/h5-7H,4H2,1-3H3/b8-5-,9-6?. The second kappa shape index (κ2) is 4.91. The maximum atomic E-state index is 3.89. The first-order chi connectivity index (χ1) is 4.70. The van der Waals surface area contributed by atoms with Gasteiger partial charge >= 0.3 is 0 Å². The van der Waals surface area contributed by atoms with E-state index < -0.39 is 0 Å². The molecule has 0 radical (unpaired) electrons. The van der Waals surface area contributed by atoms with Gasteiger partial charge in [0.15, 0.2) is 0 Å². The van der Waals surface area contributed by atoms with Gasteiger partial charge in [-0.3, -0.25) is 4.99 Å². The van der Waals surface area contributed by atoms with E-state index in [1.165, 1.54) is 0 Å². The van der Waals surface area contributed by atoms with Crippen LogP contribution in [0, 0.1) is 5.92 Å². The second-order valence-corrected chi connectivity index (χ2v) is 2.23. The van der Waals surface area contributed by atoms with Crippen LogP contribution in [0.2, 0.25) is 0 Å². The van der Waals surface area contributed by atoms with Crippen molar-refractivity contribution in [2.75, 3.05) is 7.05 Å². The fourth-order valence-corrected chi connectivity index (χ4v) is 0.711. The Hall–Kier alpha value is -0.920. The van der Waals surface area contributed by atoms with Crippen LogP contribution in [0.15, 0.2) is 21.8 Å². The number of allylic oxidation sites excluding steroid dienone is 2. The summed E-state index contributed by atoms with van der Waals surface area (Å²) in [7, 11) is 1.76. The Balaban J connectivity index is 3.98. The van der Waals surface area contributed by atoms with Gasteiger partial charge in [0.1, 0.15) is 0 Å². The SMILES string of the molecule is C=N/C(C)=C\C(C)C=NC. The van der Waals surface area contributed by atoms with Crippen molar-refractivity contribution < 1.29 is 0 Å². The minimum Gasteiger partial charge on any atom is -0.300 e. The van der Waals surface area contributed by atoms with Crippen molar-refractivity contribution in [3.63, 3.8) is 0 Å². The van der Waals surface area contributed by atoms with Crippen LogP contribution in [0.5, 0.6) is 0 Å². The highest BCUT2D eigenvalue weighted by atomic mass is 14.7. The molecule has 0 fully saturated rings. The van der Waals surface area contributed by atoms with E-state index in [9.17, 15) is 0 Å². The van der Waals surface area contributed by atoms with E-state index in [2.05, 4.69) is 23.6 Å². The molecule has 10 heavy (non-hydrogen) atoms. The number of nitrogens with zero attached hydrogens (tertiary/aromatic N) is 2. The highest BCUT2D eigenvalue weighted by Gasteiger charge is 1.90. The monoisotopic (exact) mass is 138 g/mol. The third-order valence-electron chi connectivity index (χ3n) is 1.14. The van der Waals surface area contributed by atoms with Gasteiger partial charge in [0.05, 0.1) is 0 Å². The third-order valence-corrected chi connectivity index (χ3v) is 1.14. The molecule has 0 aromatic heterocycles. The first-order valence-electron chi connectivity index (χ1n) is 3.28. The van der Waals surface area contributed by atoms with Crippen molar-refractivity contribution >= 4 is 12.9 Å². The van der Waals surface area contributed by atoms with Crippen LogP contribution in [-0.4, -0.2) is 20.0 Å². The van der Waals surface area contributed by atoms with Crippen molar-refractivity contribution in [2.24, 2.45) is 15.9 Å². The summed E-state index contributed by atoms with van der Waals surface area (Å²) in [6, 6.07) is 0. The van der Waals surface area contributed by atoms with E-state index in [4.69, 9.17) is 0 Å². The lowest BCUT2D eigenvalue weighted by Gasteiger charge is -1.96. The third kappa shape index (κ3) is 4.01. The molecule has 0 bridgehead atoms. The van der Waals surface area contributed by atoms with Gasteiger partial charge in [-0.2, -0.15) is 0 Å². The normalized spacial score (nSPS) is 15.7. The summed E-state index contributed by atoms with van der Waals surface area (Å²) in [5.41, 5.74) is 0.951. The molecule has 2 nitrogen and oxygen atoms in total. The summed E-state index contributed by atoms with van der Waals surface area (Å²) < 4.78 is 0. The summed E-state index contributed by atoms with van der Waals surface area (Å²) in [5.74, 6) is 0.357. The van der Waals surface area contributed by atoms with E-state index in [0.29, 0.717) is 5.92 Å². The first kappa shape index (κ1) is 9.08. The quantitative estimate of drug-likeness (QED) is 0.532. The van der Waals surface area contributed by atoms with Crippen LogP contribution < -0.4 is 0 Å². The summed E-state index contributed by atoms with van der Waals surface area (Å²) >= 11 is 0.